The van der Waals surface area contributed by atoms with Crippen LogP contribution in [0.5, 0.6) is 0 Å². The molecule has 1 aromatic heterocycles. The molecule has 1 rings (SSSR count). The van der Waals surface area contributed by atoms with Crippen molar-refractivity contribution in [2.45, 2.75) is 46.7 Å². The predicted molar refractivity (Wildman–Crippen MR) is 62.7 cm³/mol. The zero-order valence-corrected chi connectivity index (χ0v) is 10.8. The predicted octanol–water partition coefficient (Wildman–Crippen LogP) is 1.14. The maximum absolute atomic E-state index is 12.0. The minimum absolute atomic E-state index is 0.0651. The summed E-state index contributed by atoms with van der Waals surface area (Å²) in [7, 11) is 0. The highest BCUT2D eigenvalue weighted by Gasteiger charge is 2.20. The van der Waals surface area contributed by atoms with Gasteiger partial charge in [0.2, 0.25) is 0 Å². The molecule has 0 aliphatic carbocycles. The largest absolute Gasteiger partial charge is 0.380 e. The lowest BCUT2D eigenvalue weighted by molar-refractivity contribution is 0.137. The summed E-state index contributed by atoms with van der Waals surface area (Å²) in [5.74, 6) is 0.736. The van der Waals surface area contributed by atoms with Crippen molar-refractivity contribution in [3.8, 4) is 0 Å². The summed E-state index contributed by atoms with van der Waals surface area (Å²) < 4.78 is 8.42. The quantitative estimate of drug-likeness (QED) is 0.725. The van der Waals surface area contributed by atoms with Crippen LogP contribution in [0.4, 0.5) is 0 Å². The molecule has 0 radical (unpaired) electrons. The second kappa shape index (κ2) is 4.82. The fourth-order valence-corrected chi connectivity index (χ4v) is 1.49. The average molecular weight is 227 g/mol. The van der Waals surface area contributed by atoms with Gasteiger partial charge in [-0.2, -0.15) is 5.10 Å². The van der Waals surface area contributed by atoms with Gasteiger partial charge in [0.1, 0.15) is 5.82 Å². The van der Waals surface area contributed by atoms with Gasteiger partial charge in [-0.15, -0.1) is 0 Å². The van der Waals surface area contributed by atoms with E-state index < -0.39 is 0 Å². The first kappa shape index (κ1) is 13.0. The molecular formula is C11H21N3O2. The topological polar surface area (TPSA) is 49.0 Å². The number of hydrogen-bond acceptors (Lipinski definition) is 3. The van der Waals surface area contributed by atoms with E-state index in [9.17, 15) is 4.79 Å². The summed E-state index contributed by atoms with van der Waals surface area (Å²) in [4.78, 5) is 12.0. The van der Waals surface area contributed by atoms with Crippen LogP contribution in [0.15, 0.2) is 4.79 Å². The van der Waals surface area contributed by atoms with Gasteiger partial charge in [-0.25, -0.2) is 9.48 Å². The molecule has 1 aromatic rings. The lowest BCUT2D eigenvalue weighted by atomic mass is 10.1. The Balaban J connectivity index is 2.95. The number of aromatic nitrogens is 3. The van der Waals surface area contributed by atoms with Gasteiger partial charge in [0.15, 0.2) is 0 Å². The standard InChI is InChI=1S/C11H21N3O2/c1-6-16-8-7-13-9(2)12-14(10(13)15)11(3,4)5/h6-8H2,1-5H3. The van der Waals surface area contributed by atoms with Crippen molar-refractivity contribution in [2.75, 3.05) is 13.2 Å². The Morgan fingerprint density at radius 3 is 2.44 bits per heavy atom. The van der Waals surface area contributed by atoms with Crippen molar-refractivity contribution in [1.29, 1.82) is 0 Å². The Morgan fingerprint density at radius 1 is 1.38 bits per heavy atom. The van der Waals surface area contributed by atoms with Crippen LogP contribution in [0.3, 0.4) is 0 Å². The number of rotatable bonds is 4. The van der Waals surface area contributed by atoms with Gasteiger partial charge < -0.3 is 4.74 Å². The van der Waals surface area contributed by atoms with Crippen LogP contribution in [0.2, 0.25) is 0 Å². The molecule has 5 heteroatoms. The summed E-state index contributed by atoms with van der Waals surface area (Å²) in [5, 5.41) is 4.27. The van der Waals surface area contributed by atoms with Gasteiger partial charge in [-0.3, -0.25) is 4.57 Å². The van der Waals surface area contributed by atoms with Crippen molar-refractivity contribution < 1.29 is 4.74 Å². The van der Waals surface area contributed by atoms with E-state index in [4.69, 9.17) is 4.74 Å². The third-order valence-electron chi connectivity index (χ3n) is 2.35. The molecule has 0 saturated heterocycles. The first-order chi connectivity index (χ1) is 7.38. The Labute approximate surface area is 96.0 Å². The van der Waals surface area contributed by atoms with Crippen molar-refractivity contribution in [3.63, 3.8) is 0 Å². The summed E-state index contributed by atoms with van der Waals surface area (Å²) in [5.41, 5.74) is -0.344. The normalized spacial score (nSPS) is 12.1. The molecule has 0 aliphatic rings. The second-order valence-electron chi connectivity index (χ2n) is 4.76. The highest BCUT2D eigenvalue weighted by molar-refractivity contribution is 4.87. The molecule has 0 amide bonds. The summed E-state index contributed by atoms with van der Waals surface area (Å²) in [6.45, 7) is 11.5. The Hall–Kier alpha value is -1.10. The van der Waals surface area contributed by atoms with Gasteiger partial charge in [0.05, 0.1) is 18.7 Å². The molecule has 0 spiro atoms. The first-order valence-corrected chi connectivity index (χ1v) is 5.62. The minimum atomic E-state index is -0.279. The maximum Gasteiger partial charge on any atom is 0.346 e. The van der Waals surface area contributed by atoms with E-state index in [1.165, 1.54) is 4.68 Å². The van der Waals surface area contributed by atoms with E-state index in [2.05, 4.69) is 5.10 Å². The number of aryl methyl sites for hydroxylation is 1. The van der Waals surface area contributed by atoms with Gasteiger partial charge in [0, 0.05) is 6.61 Å². The van der Waals surface area contributed by atoms with Crippen LogP contribution in [0.1, 0.15) is 33.5 Å². The zero-order chi connectivity index (χ0) is 12.3. The SMILES string of the molecule is CCOCCn1c(C)nn(C(C)(C)C)c1=O. The highest BCUT2D eigenvalue weighted by atomic mass is 16.5. The van der Waals surface area contributed by atoms with Crippen LogP contribution in [-0.4, -0.2) is 27.6 Å². The van der Waals surface area contributed by atoms with Crippen molar-refractivity contribution in [2.24, 2.45) is 0 Å². The fourth-order valence-electron chi connectivity index (χ4n) is 1.49. The third kappa shape index (κ3) is 2.72. The second-order valence-corrected chi connectivity index (χ2v) is 4.76. The summed E-state index contributed by atoms with van der Waals surface area (Å²) in [6, 6.07) is 0. The number of ether oxygens (including phenoxy) is 1. The van der Waals surface area contributed by atoms with Gasteiger partial charge in [-0.1, -0.05) is 0 Å². The van der Waals surface area contributed by atoms with E-state index in [0.717, 1.165) is 5.82 Å². The van der Waals surface area contributed by atoms with E-state index in [1.807, 2.05) is 34.6 Å². The van der Waals surface area contributed by atoms with Crippen LogP contribution in [0.25, 0.3) is 0 Å². The fraction of sp³-hybridized carbons (Fsp3) is 0.818. The molecule has 16 heavy (non-hydrogen) atoms. The highest BCUT2D eigenvalue weighted by Crippen LogP contribution is 2.09. The van der Waals surface area contributed by atoms with Crippen molar-refractivity contribution in [3.05, 3.63) is 16.3 Å². The minimum Gasteiger partial charge on any atom is -0.380 e. The zero-order valence-electron chi connectivity index (χ0n) is 10.8. The third-order valence-corrected chi connectivity index (χ3v) is 2.35. The molecule has 0 atom stereocenters. The van der Waals surface area contributed by atoms with Crippen LogP contribution in [0, 0.1) is 6.92 Å². The molecule has 1 heterocycles. The molecule has 0 aliphatic heterocycles. The van der Waals surface area contributed by atoms with E-state index in [1.54, 1.807) is 4.57 Å². The average Bonchev–Trinajstić information content (AvgIpc) is 2.44. The summed E-state index contributed by atoms with van der Waals surface area (Å²) in [6.07, 6.45) is 0. The van der Waals surface area contributed by atoms with Crippen molar-refractivity contribution in [1.82, 2.24) is 14.3 Å². The van der Waals surface area contributed by atoms with Crippen molar-refractivity contribution >= 4 is 0 Å². The lowest BCUT2D eigenvalue weighted by Crippen LogP contribution is -2.36. The van der Waals surface area contributed by atoms with Crippen LogP contribution < -0.4 is 5.69 Å². The Morgan fingerprint density at radius 2 is 2.00 bits per heavy atom. The maximum atomic E-state index is 12.0. The smallest absolute Gasteiger partial charge is 0.346 e. The summed E-state index contributed by atoms with van der Waals surface area (Å²) >= 11 is 0. The molecule has 0 unspecified atom stereocenters. The molecule has 0 N–H and O–H groups in total. The first-order valence-electron chi connectivity index (χ1n) is 5.62. The van der Waals surface area contributed by atoms with Crippen LogP contribution in [-0.2, 0) is 16.8 Å². The molecule has 92 valence electrons. The Bertz CT molecular complexity index is 398. The Kier molecular flexibility index (Phi) is 3.91. The molecule has 0 saturated carbocycles. The molecular weight excluding hydrogens is 206 g/mol. The molecule has 0 bridgehead atoms. The van der Waals surface area contributed by atoms with Crippen LogP contribution >= 0.6 is 0 Å². The van der Waals surface area contributed by atoms with Gasteiger partial charge in [-0.05, 0) is 34.6 Å². The van der Waals surface area contributed by atoms with Gasteiger partial charge >= 0.3 is 5.69 Å². The molecule has 0 fully saturated rings. The molecule has 5 nitrogen and oxygen atoms in total. The van der Waals surface area contributed by atoms with Gasteiger partial charge in [0.25, 0.3) is 0 Å². The van der Waals surface area contributed by atoms with E-state index in [-0.39, 0.29) is 11.2 Å². The van der Waals surface area contributed by atoms with E-state index in [0.29, 0.717) is 19.8 Å². The monoisotopic (exact) mass is 227 g/mol. The molecule has 0 aromatic carbocycles. The number of nitrogens with zero attached hydrogens (tertiary/aromatic N) is 3. The number of hydrogen-bond donors (Lipinski definition) is 0. The lowest BCUT2D eigenvalue weighted by Gasteiger charge is -2.16. The van der Waals surface area contributed by atoms with E-state index >= 15 is 0 Å².